The summed E-state index contributed by atoms with van der Waals surface area (Å²) in [5, 5.41) is 0. The van der Waals surface area contributed by atoms with E-state index in [9.17, 15) is 4.79 Å². The van der Waals surface area contributed by atoms with Crippen LogP contribution in [0.3, 0.4) is 0 Å². The normalized spacial score (nSPS) is 14.1. The Labute approximate surface area is 165 Å². The first-order chi connectivity index (χ1) is 13.7. The maximum absolute atomic E-state index is 13.3. The third kappa shape index (κ3) is 3.88. The molecule has 0 unspecified atom stereocenters. The number of carbonyl (C=O) groups excluding carboxylic acids is 1. The molecule has 0 amide bonds. The van der Waals surface area contributed by atoms with Crippen LogP contribution in [0.15, 0.2) is 60.8 Å². The molecule has 0 bridgehead atoms. The van der Waals surface area contributed by atoms with E-state index in [1.54, 1.807) is 18.3 Å². The summed E-state index contributed by atoms with van der Waals surface area (Å²) in [6, 6.07) is 17.6. The van der Waals surface area contributed by atoms with Crippen molar-refractivity contribution in [3.8, 4) is 0 Å². The third-order valence-corrected chi connectivity index (χ3v) is 5.18. The van der Waals surface area contributed by atoms with Gasteiger partial charge in [-0.05, 0) is 55.0 Å². The van der Waals surface area contributed by atoms with Gasteiger partial charge in [0.25, 0.3) is 0 Å². The molecule has 1 aliphatic rings. The summed E-state index contributed by atoms with van der Waals surface area (Å²) < 4.78 is 0. The van der Waals surface area contributed by atoms with Crippen molar-refractivity contribution in [1.29, 1.82) is 0 Å². The number of anilines is 2. The highest BCUT2D eigenvalue weighted by Crippen LogP contribution is 2.24. The number of rotatable bonds is 5. The van der Waals surface area contributed by atoms with Crippen molar-refractivity contribution in [3.05, 3.63) is 83.2 Å². The molecule has 5 heteroatoms. The van der Waals surface area contributed by atoms with E-state index in [2.05, 4.69) is 22.0 Å². The molecule has 2 aromatic heterocycles. The summed E-state index contributed by atoms with van der Waals surface area (Å²) in [5.41, 5.74) is 8.88. The van der Waals surface area contributed by atoms with Gasteiger partial charge in [0.1, 0.15) is 17.3 Å². The van der Waals surface area contributed by atoms with E-state index in [1.165, 1.54) is 6.42 Å². The van der Waals surface area contributed by atoms with Crippen LogP contribution >= 0.6 is 0 Å². The molecule has 5 nitrogen and oxygen atoms in total. The highest BCUT2D eigenvalue weighted by molar-refractivity contribution is 6.11. The molecule has 1 saturated heterocycles. The fourth-order valence-corrected chi connectivity index (χ4v) is 3.67. The number of nitrogens with two attached hydrogens (primary N) is 1. The zero-order valence-electron chi connectivity index (χ0n) is 15.8. The van der Waals surface area contributed by atoms with Gasteiger partial charge in [0.2, 0.25) is 5.78 Å². The number of carbonyl (C=O) groups is 1. The van der Waals surface area contributed by atoms with Crippen LogP contribution in [0.1, 0.15) is 46.4 Å². The molecule has 1 aromatic carbocycles. The number of benzene rings is 1. The largest absolute Gasteiger partial charge is 0.383 e. The standard InChI is InChI=1S/C23H24N4O/c24-23-19(10-7-13-25-23)22(28)21-18(16-17-8-3-1-4-9-17)11-12-20(26-21)27-14-5-2-6-15-27/h1,3-4,7-13H,2,5-6,14-16H2,(H2,24,25). The second kappa shape index (κ2) is 8.21. The van der Waals surface area contributed by atoms with Crippen LogP contribution in [0.5, 0.6) is 0 Å². The Hall–Kier alpha value is -3.21. The summed E-state index contributed by atoms with van der Waals surface area (Å²) in [6.45, 7) is 1.96. The maximum atomic E-state index is 13.3. The zero-order valence-corrected chi connectivity index (χ0v) is 15.8. The van der Waals surface area contributed by atoms with Crippen LogP contribution in [0, 0.1) is 0 Å². The van der Waals surface area contributed by atoms with Gasteiger partial charge in [-0.2, -0.15) is 0 Å². The number of hydrogen-bond acceptors (Lipinski definition) is 5. The molecule has 1 fully saturated rings. The number of ketones is 1. The fourth-order valence-electron chi connectivity index (χ4n) is 3.67. The van der Waals surface area contributed by atoms with Gasteiger partial charge in [-0.1, -0.05) is 36.4 Å². The zero-order chi connectivity index (χ0) is 19.3. The van der Waals surface area contributed by atoms with E-state index < -0.39 is 0 Å². The van der Waals surface area contributed by atoms with Crippen molar-refractivity contribution in [2.45, 2.75) is 25.7 Å². The van der Waals surface area contributed by atoms with Crippen LogP contribution < -0.4 is 10.6 Å². The Morgan fingerprint density at radius 3 is 2.50 bits per heavy atom. The lowest BCUT2D eigenvalue weighted by Gasteiger charge is -2.28. The van der Waals surface area contributed by atoms with Crippen LogP contribution in [0.2, 0.25) is 0 Å². The molecule has 142 valence electrons. The van der Waals surface area contributed by atoms with Crippen molar-refractivity contribution in [2.75, 3.05) is 23.7 Å². The predicted octanol–water partition coefficient (Wildman–Crippen LogP) is 3.87. The molecule has 1 aliphatic heterocycles. The smallest absolute Gasteiger partial charge is 0.215 e. The van der Waals surface area contributed by atoms with Crippen LogP contribution in [-0.4, -0.2) is 28.8 Å². The minimum atomic E-state index is -0.171. The molecular formula is C23H24N4O. The van der Waals surface area contributed by atoms with E-state index in [0.717, 1.165) is 42.9 Å². The SMILES string of the molecule is Nc1ncccc1C(=O)c1nc(N2CCCCC2)ccc1Cc1ccccc1. The van der Waals surface area contributed by atoms with E-state index in [4.69, 9.17) is 10.7 Å². The van der Waals surface area contributed by atoms with Gasteiger partial charge in [0, 0.05) is 19.3 Å². The van der Waals surface area contributed by atoms with E-state index in [1.807, 2.05) is 30.3 Å². The summed E-state index contributed by atoms with van der Waals surface area (Å²) in [4.78, 5) is 24.4. The first-order valence-electron chi connectivity index (χ1n) is 9.76. The van der Waals surface area contributed by atoms with E-state index in [-0.39, 0.29) is 11.6 Å². The van der Waals surface area contributed by atoms with E-state index >= 15 is 0 Å². The Kier molecular flexibility index (Phi) is 5.33. The van der Waals surface area contributed by atoms with E-state index in [0.29, 0.717) is 17.7 Å². The van der Waals surface area contributed by atoms with Crippen LogP contribution in [-0.2, 0) is 6.42 Å². The topological polar surface area (TPSA) is 72.1 Å². The van der Waals surface area contributed by atoms with Gasteiger partial charge in [-0.25, -0.2) is 9.97 Å². The monoisotopic (exact) mass is 372 g/mol. The molecule has 0 aliphatic carbocycles. The summed E-state index contributed by atoms with van der Waals surface area (Å²) in [7, 11) is 0. The highest BCUT2D eigenvalue weighted by Gasteiger charge is 2.21. The average Bonchev–Trinajstić information content (AvgIpc) is 2.75. The first-order valence-corrected chi connectivity index (χ1v) is 9.76. The molecule has 3 heterocycles. The minimum absolute atomic E-state index is 0.171. The predicted molar refractivity (Wildman–Crippen MR) is 112 cm³/mol. The molecule has 0 spiro atoms. The number of nitrogens with zero attached hydrogens (tertiary/aromatic N) is 3. The van der Waals surface area contributed by atoms with Crippen molar-refractivity contribution in [3.63, 3.8) is 0 Å². The highest BCUT2D eigenvalue weighted by atomic mass is 16.1. The Morgan fingerprint density at radius 2 is 1.75 bits per heavy atom. The summed E-state index contributed by atoms with van der Waals surface area (Å²) in [6.07, 6.45) is 5.81. The number of hydrogen-bond donors (Lipinski definition) is 1. The molecule has 2 N–H and O–H groups in total. The Morgan fingerprint density at radius 1 is 0.964 bits per heavy atom. The van der Waals surface area contributed by atoms with Crippen molar-refractivity contribution >= 4 is 17.4 Å². The first kappa shape index (κ1) is 18.2. The van der Waals surface area contributed by atoms with Crippen molar-refractivity contribution in [2.24, 2.45) is 0 Å². The number of nitrogen functional groups attached to an aromatic ring is 1. The fraction of sp³-hybridized carbons (Fsp3) is 0.261. The lowest BCUT2D eigenvalue weighted by molar-refractivity contribution is 0.103. The van der Waals surface area contributed by atoms with Gasteiger partial charge in [-0.3, -0.25) is 4.79 Å². The summed E-state index contributed by atoms with van der Waals surface area (Å²) >= 11 is 0. The number of pyridine rings is 2. The second-order valence-corrected chi connectivity index (χ2v) is 7.15. The van der Waals surface area contributed by atoms with Crippen LogP contribution in [0.4, 0.5) is 11.6 Å². The van der Waals surface area contributed by atoms with Gasteiger partial charge in [0.15, 0.2) is 0 Å². The van der Waals surface area contributed by atoms with Crippen molar-refractivity contribution < 1.29 is 4.79 Å². The van der Waals surface area contributed by atoms with Gasteiger partial charge >= 0.3 is 0 Å². The molecule has 3 aromatic rings. The van der Waals surface area contributed by atoms with Crippen molar-refractivity contribution in [1.82, 2.24) is 9.97 Å². The number of aromatic nitrogens is 2. The van der Waals surface area contributed by atoms with Gasteiger partial charge < -0.3 is 10.6 Å². The molecule has 28 heavy (non-hydrogen) atoms. The van der Waals surface area contributed by atoms with Crippen LogP contribution in [0.25, 0.3) is 0 Å². The molecule has 4 rings (SSSR count). The summed E-state index contributed by atoms with van der Waals surface area (Å²) in [5.74, 6) is 0.932. The molecule has 0 saturated carbocycles. The lowest BCUT2D eigenvalue weighted by atomic mass is 9.98. The number of piperidine rings is 1. The maximum Gasteiger partial charge on any atom is 0.215 e. The molecule has 0 radical (unpaired) electrons. The van der Waals surface area contributed by atoms with Gasteiger partial charge in [0.05, 0.1) is 5.56 Å². The Bertz CT molecular complexity index is 965. The quantitative estimate of drug-likeness (QED) is 0.688. The average molecular weight is 372 g/mol. The second-order valence-electron chi connectivity index (χ2n) is 7.15. The molecule has 0 atom stereocenters. The minimum Gasteiger partial charge on any atom is -0.383 e. The van der Waals surface area contributed by atoms with Gasteiger partial charge in [-0.15, -0.1) is 0 Å². The Balaban J connectivity index is 1.74. The lowest BCUT2D eigenvalue weighted by Crippen LogP contribution is -2.30. The molecular weight excluding hydrogens is 348 g/mol. The third-order valence-electron chi connectivity index (χ3n) is 5.18.